The van der Waals surface area contributed by atoms with Gasteiger partial charge in [-0.1, -0.05) is 5.16 Å². The molecule has 1 unspecified atom stereocenters. The minimum atomic E-state index is -0.0724. The number of rotatable bonds is 3. The van der Waals surface area contributed by atoms with Gasteiger partial charge in [-0.25, -0.2) is 4.98 Å². The second-order valence-corrected chi connectivity index (χ2v) is 5.93. The van der Waals surface area contributed by atoms with E-state index in [4.69, 9.17) is 4.52 Å². The lowest BCUT2D eigenvalue weighted by Gasteiger charge is -2.24. The molecule has 3 heterocycles. The van der Waals surface area contributed by atoms with Gasteiger partial charge in [0.2, 0.25) is 0 Å². The fourth-order valence-electron chi connectivity index (χ4n) is 2.93. The summed E-state index contributed by atoms with van der Waals surface area (Å²) in [4.78, 5) is 20.9. The molecule has 2 aromatic heterocycles. The first-order chi connectivity index (χ1) is 11.7. The molecule has 0 saturated carbocycles. The smallest absolute Gasteiger partial charge is 0.257 e. The van der Waals surface area contributed by atoms with Gasteiger partial charge in [-0.3, -0.25) is 4.79 Å². The van der Waals surface area contributed by atoms with Crippen molar-refractivity contribution in [2.24, 2.45) is 0 Å². The maximum Gasteiger partial charge on any atom is 0.257 e. The second kappa shape index (κ2) is 5.92. The van der Waals surface area contributed by atoms with Crippen molar-refractivity contribution in [3.63, 3.8) is 0 Å². The third-order valence-corrected chi connectivity index (χ3v) is 4.19. The van der Waals surface area contributed by atoms with Crippen LogP contribution in [0.2, 0.25) is 0 Å². The number of imidazole rings is 1. The number of fused-ring (bicyclic) bond motifs is 1. The third-order valence-electron chi connectivity index (χ3n) is 4.19. The number of carbonyl (C=O) groups excluding carboxylic acids is 1. The van der Waals surface area contributed by atoms with E-state index in [1.54, 1.807) is 25.3 Å². The molecule has 0 fully saturated rings. The van der Waals surface area contributed by atoms with Crippen LogP contribution in [0.3, 0.4) is 0 Å². The van der Waals surface area contributed by atoms with E-state index in [1.807, 2.05) is 18.3 Å². The Morgan fingerprint density at radius 3 is 2.92 bits per heavy atom. The van der Waals surface area contributed by atoms with Crippen molar-refractivity contribution in [2.45, 2.75) is 32.4 Å². The molecule has 3 aromatic rings. The molecule has 1 aromatic carbocycles. The predicted molar refractivity (Wildman–Crippen MR) is 86.3 cm³/mol. The molecule has 1 N–H and O–H groups in total. The van der Waals surface area contributed by atoms with E-state index in [0.717, 1.165) is 30.8 Å². The van der Waals surface area contributed by atoms with Crippen molar-refractivity contribution in [1.82, 2.24) is 25.0 Å². The van der Waals surface area contributed by atoms with E-state index in [1.165, 1.54) is 0 Å². The topological polar surface area (TPSA) is 85.8 Å². The summed E-state index contributed by atoms with van der Waals surface area (Å²) < 4.78 is 7.22. The van der Waals surface area contributed by atoms with E-state index in [-0.39, 0.29) is 11.9 Å². The number of nitrogens with one attached hydrogen (secondary N) is 1. The van der Waals surface area contributed by atoms with Crippen molar-refractivity contribution in [2.75, 3.05) is 0 Å². The molecular weight excluding hydrogens is 306 g/mol. The van der Waals surface area contributed by atoms with Crippen molar-refractivity contribution in [3.8, 4) is 11.5 Å². The number of hydrogen-bond donors (Lipinski definition) is 1. The number of hydrogen-bond acceptors (Lipinski definition) is 5. The van der Waals surface area contributed by atoms with Crippen molar-refractivity contribution in [3.05, 3.63) is 53.9 Å². The molecule has 7 heteroatoms. The van der Waals surface area contributed by atoms with Crippen LogP contribution in [-0.4, -0.2) is 31.6 Å². The van der Waals surface area contributed by atoms with Gasteiger partial charge in [0.05, 0.1) is 0 Å². The summed E-state index contributed by atoms with van der Waals surface area (Å²) in [6, 6.07) is 7.30. The van der Waals surface area contributed by atoms with Gasteiger partial charge in [0.1, 0.15) is 5.82 Å². The van der Waals surface area contributed by atoms with E-state index < -0.39 is 0 Å². The van der Waals surface area contributed by atoms with Gasteiger partial charge in [-0.2, -0.15) is 4.98 Å². The molecule has 122 valence electrons. The average molecular weight is 323 g/mol. The molecule has 4 rings (SSSR count). The molecule has 1 aliphatic rings. The lowest BCUT2D eigenvalue weighted by atomic mass is 10.1. The molecular formula is C17H17N5O2. The quantitative estimate of drug-likeness (QED) is 0.796. The minimum absolute atomic E-state index is 0.0724. The summed E-state index contributed by atoms with van der Waals surface area (Å²) in [6.07, 6.45) is 5.54. The zero-order valence-electron chi connectivity index (χ0n) is 13.3. The van der Waals surface area contributed by atoms with E-state index in [2.05, 4.69) is 25.0 Å². The molecule has 0 aliphatic carbocycles. The normalized spacial score (nSPS) is 16.6. The third kappa shape index (κ3) is 2.80. The molecule has 24 heavy (non-hydrogen) atoms. The molecule has 1 amide bonds. The number of aryl methyl sites for hydroxylation is 2. The minimum Gasteiger partial charge on any atom is -0.347 e. The summed E-state index contributed by atoms with van der Waals surface area (Å²) in [5.41, 5.74) is 1.42. The molecule has 0 radical (unpaired) electrons. The van der Waals surface area contributed by atoms with Crippen molar-refractivity contribution >= 4 is 5.91 Å². The summed E-state index contributed by atoms with van der Waals surface area (Å²) >= 11 is 0. The van der Waals surface area contributed by atoms with Gasteiger partial charge in [0.25, 0.3) is 11.8 Å². The van der Waals surface area contributed by atoms with Crippen LogP contribution < -0.4 is 5.32 Å². The number of carbonyl (C=O) groups is 1. The number of aromatic nitrogens is 4. The Morgan fingerprint density at radius 1 is 1.33 bits per heavy atom. The maximum atomic E-state index is 12.4. The SMILES string of the molecule is Cc1noc(-c2ccc(C(=O)NC3CCc4nccn4C3)cc2)n1. The van der Waals surface area contributed by atoms with Crippen LogP contribution in [0.25, 0.3) is 11.5 Å². The highest BCUT2D eigenvalue weighted by Gasteiger charge is 2.21. The summed E-state index contributed by atoms with van der Waals surface area (Å²) in [6.45, 7) is 2.53. The van der Waals surface area contributed by atoms with Crippen LogP contribution in [0, 0.1) is 6.92 Å². The molecule has 7 nitrogen and oxygen atoms in total. The van der Waals surface area contributed by atoms with E-state index in [9.17, 15) is 4.79 Å². The van der Waals surface area contributed by atoms with Gasteiger partial charge >= 0.3 is 0 Å². The van der Waals surface area contributed by atoms with Crippen LogP contribution in [-0.2, 0) is 13.0 Å². The van der Waals surface area contributed by atoms with Gasteiger partial charge in [-0.05, 0) is 37.6 Å². The molecule has 0 spiro atoms. The number of nitrogens with zero attached hydrogens (tertiary/aromatic N) is 4. The Bertz CT molecular complexity index is 865. The van der Waals surface area contributed by atoms with Gasteiger partial charge < -0.3 is 14.4 Å². The zero-order chi connectivity index (χ0) is 16.5. The first-order valence-corrected chi connectivity index (χ1v) is 7.90. The van der Waals surface area contributed by atoms with E-state index in [0.29, 0.717) is 17.3 Å². The van der Waals surface area contributed by atoms with Crippen molar-refractivity contribution < 1.29 is 9.32 Å². The Kier molecular flexibility index (Phi) is 3.60. The maximum absolute atomic E-state index is 12.4. The van der Waals surface area contributed by atoms with Crippen LogP contribution >= 0.6 is 0 Å². The Balaban J connectivity index is 1.43. The van der Waals surface area contributed by atoms with Crippen LogP contribution in [0.4, 0.5) is 0 Å². The Labute approximate surface area is 138 Å². The standard InChI is InChI=1S/C17H17N5O2/c1-11-19-17(24-21-11)13-4-2-12(3-5-13)16(23)20-14-6-7-15-18-8-9-22(15)10-14/h2-5,8-9,14H,6-7,10H2,1H3,(H,20,23). The fourth-order valence-corrected chi connectivity index (χ4v) is 2.93. The first-order valence-electron chi connectivity index (χ1n) is 7.90. The molecule has 0 bridgehead atoms. The predicted octanol–water partition coefficient (Wildman–Crippen LogP) is 1.99. The van der Waals surface area contributed by atoms with Gasteiger partial charge in [0, 0.05) is 42.5 Å². The highest BCUT2D eigenvalue weighted by Crippen LogP contribution is 2.18. The van der Waals surface area contributed by atoms with Gasteiger partial charge in [0.15, 0.2) is 5.82 Å². The molecule has 1 aliphatic heterocycles. The highest BCUT2D eigenvalue weighted by molar-refractivity contribution is 5.94. The molecule has 1 atom stereocenters. The van der Waals surface area contributed by atoms with Crippen LogP contribution in [0.1, 0.15) is 28.4 Å². The first kappa shape index (κ1) is 14.6. The number of benzene rings is 1. The summed E-state index contributed by atoms with van der Waals surface area (Å²) in [7, 11) is 0. The summed E-state index contributed by atoms with van der Waals surface area (Å²) in [5.74, 6) is 2.05. The number of amides is 1. The second-order valence-electron chi connectivity index (χ2n) is 5.93. The Morgan fingerprint density at radius 2 is 2.17 bits per heavy atom. The van der Waals surface area contributed by atoms with E-state index >= 15 is 0 Å². The monoisotopic (exact) mass is 323 g/mol. The largest absolute Gasteiger partial charge is 0.347 e. The summed E-state index contributed by atoms with van der Waals surface area (Å²) in [5, 5.41) is 6.86. The molecule has 0 saturated heterocycles. The Hall–Kier alpha value is -2.96. The average Bonchev–Trinajstić information content (AvgIpc) is 3.23. The van der Waals surface area contributed by atoms with Crippen molar-refractivity contribution in [1.29, 1.82) is 0 Å². The zero-order valence-corrected chi connectivity index (χ0v) is 13.3. The highest BCUT2D eigenvalue weighted by atomic mass is 16.5. The van der Waals surface area contributed by atoms with Gasteiger partial charge in [-0.15, -0.1) is 0 Å². The van der Waals surface area contributed by atoms with Crippen LogP contribution in [0.5, 0.6) is 0 Å². The fraction of sp³-hybridized carbons (Fsp3) is 0.294. The lowest BCUT2D eigenvalue weighted by Crippen LogP contribution is -2.40. The lowest BCUT2D eigenvalue weighted by molar-refractivity contribution is 0.0927. The van der Waals surface area contributed by atoms with Crippen LogP contribution in [0.15, 0.2) is 41.2 Å².